The number of amides is 1. The van der Waals surface area contributed by atoms with Crippen LogP contribution in [0, 0.1) is 12.8 Å². The molecule has 109 valence electrons. The van der Waals surface area contributed by atoms with Crippen LogP contribution in [0.2, 0.25) is 0 Å². The molecular formula is C17H24NO2. The second-order valence-electron chi connectivity index (χ2n) is 5.49. The Kier molecular flexibility index (Phi) is 6.85. The van der Waals surface area contributed by atoms with Gasteiger partial charge in [-0.05, 0) is 31.2 Å². The average molecular weight is 274 g/mol. The normalized spacial score (nSPS) is 12.0. The van der Waals surface area contributed by atoms with Crippen molar-refractivity contribution in [1.82, 2.24) is 5.32 Å². The van der Waals surface area contributed by atoms with E-state index in [4.69, 9.17) is 4.74 Å². The highest BCUT2D eigenvalue weighted by atomic mass is 16.5. The number of hydrogen-bond donors (Lipinski definition) is 1. The van der Waals surface area contributed by atoms with Gasteiger partial charge >= 0.3 is 6.09 Å². The summed E-state index contributed by atoms with van der Waals surface area (Å²) in [5.41, 5.74) is 1.80. The van der Waals surface area contributed by atoms with Crippen LogP contribution in [0.25, 0.3) is 0 Å². The molecule has 1 aromatic rings. The molecule has 0 aliphatic carbocycles. The lowest BCUT2D eigenvalue weighted by Gasteiger charge is -2.20. The van der Waals surface area contributed by atoms with Crippen molar-refractivity contribution in [3.8, 4) is 0 Å². The number of rotatable bonds is 7. The molecule has 3 nitrogen and oxygen atoms in total. The average Bonchev–Trinajstić information content (AvgIpc) is 2.36. The third-order valence-corrected chi connectivity index (χ3v) is 2.83. The zero-order valence-electron chi connectivity index (χ0n) is 12.4. The van der Waals surface area contributed by atoms with Crippen LogP contribution in [0.1, 0.15) is 32.3 Å². The number of ether oxygens (including phenoxy) is 1. The Labute approximate surface area is 122 Å². The molecule has 1 amide bonds. The molecule has 0 saturated heterocycles. The fraction of sp³-hybridized carbons (Fsp3) is 0.412. The number of nitrogens with one attached hydrogen (secondary N) is 1. The molecule has 1 atom stereocenters. The summed E-state index contributed by atoms with van der Waals surface area (Å²) < 4.78 is 5.22. The molecule has 3 heteroatoms. The third-order valence-electron chi connectivity index (χ3n) is 2.83. The van der Waals surface area contributed by atoms with Crippen LogP contribution in [0.5, 0.6) is 0 Å². The summed E-state index contributed by atoms with van der Waals surface area (Å²) in [6.45, 7) is 12.1. The molecule has 0 aromatic heterocycles. The predicted molar refractivity (Wildman–Crippen MR) is 82.1 cm³/mol. The number of alkyl carbamates (subject to hydrolysis) is 1. The highest BCUT2D eigenvalue weighted by Crippen LogP contribution is 2.12. The molecule has 0 bridgehead atoms. The second-order valence-corrected chi connectivity index (χ2v) is 5.49. The van der Waals surface area contributed by atoms with E-state index in [9.17, 15) is 4.79 Å². The standard InChI is InChI=1S/C17H24NO2/c1-13(2)10-16(11-14(3)4)18-17(19)20-12-15-8-6-5-7-9-15/h5-9,14,16H,1-2,10-12H2,3-4H3,(H,18,19)/t16-/m1/s1. The fourth-order valence-corrected chi connectivity index (χ4v) is 2.04. The SMILES string of the molecule is [CH2]C(=C)C[C@H](CC(C)C)NC(=O)OCc1ccccc1. The van der Waals surface area contributed by atoms with Crippen molar-refractivity contribution in [3.05, 3.63) is 55.0 Å². The van der Waals surface area contributed by atoms with Gasteiger partial charge in [-0.2, -0.15) is 0 Å². The lowest BCUT2D eigenvalue weighted by atomic mass is 9.98. The molecule has 0 fully saturated rings. The molecule has 1 aromatic carbocycles. The Morgan fingerprint density at radius 3 is 2.50 bits per heavy atom. The van der Waals surface area contributed by atoms with Crippen LogP contribution < -0.4 is 5.32 Å². The molecule has 1 radical (unpaired) electrons. The van der Waals surface area contributed by atoms with E-state index in [1.807, 2.05) is 30.3 Å². The highest BCUT2D eigenvalue weighted by molar-refractivity contribution is 5.67. The second kappa shape index (κ2) is 8.41. The van der Waals surface area contributed by atoms with Crippen molar-refractivity contribution >= 4 is 6.09 Å². The predicted octanol–water partition coefficient (Wildman–Crippen LogP) is 4.11. The minimum atomic E-state index is -0.388. The number of hydrogen-bond acceptors (Lipinski definition) is 2. The van der Waals surface area contributed by atoms with Crippen LogP contribution in [-0.4, -0.2) is 12.1 Å². The maximum Gasteiger partial charge on any atom is 0.407 e. The first-order valence-electron chi connectivity index (χ1n) is 6.94. The highest BCUT2D eigenvalue weighted by Gasteiger charge is 2.15. The van der Waals surface area contributed by atoms with Crippen molar-refractivity contribution in [2.75, 3.05) is 0 Å². The van der Waals surface area contributed by atoms with Gasteiger partial charge in [-0.3, -0.25) is 0 Å². The van der Waals surface area contributed by atoms with Crippen molar-refractivity contribution in [1.29, 1.82) is 0 Å². The van der Waals surface area contributed by atoms with Gasteiger partial charge in [-0.1, -0.05) is 56.3 Å². The van der Waals surface area contributed by atoms with Crippen LogP contribution >= 0.6 is 0 Å². The van der Waals surface area contributed by atoms with E-state index in [1.165, 1.54) is 0 Å². The topological polar surface area (TPSA) is 38.3 Å². The smallest absolute Gasteiger partial charge is 0.407 e. The van der Waals surface area contributed by atoms with Crippen LogP contribution in [0.15, 0.2) is 42.5 Å². The van der Waals surface area contributed by atoms with Crippen LogP contribution in [-0.2, 0) is 11.3 Å². The van der Waals surface area contributed by atoms with E-state index in [1.54, 1.807) is 0 Å². The molecule has 0 spiro atoms. The summed E-state index contributed by atoms with van der Waals surface area (Å²) in [6, 6.07) is 9.66. The van der Waals surface area contributed by atoms with Gasteiger partial charge in [0.1, 0.15) is 6.61 Å². The minimum Gasteiger partial charge on any atom is -0.445 e. The first-order chi connectivity index (χ1) is 9.47. The Balaban J connectivity index is 2.42. The molecular weight excluding hydrogens is 250 g/mol. The van der Waals surface area contributed by atoms with E-state index in [0.29, 0.717) is 12.3 Å². The van der Waals surface area contributed by atoms with Gasteiger partial charge in [0.05, 0.1) is 0 Å². The van der Waals surface area contributed by atoms with Gasteiger partial charge in [0.2, 0.25) is 0 Å². The van der Waals surface area contributed by atoms with Gasteiger partial charge in [0, 0.05) is 6.04 Å². The van der Waals surface area contributed by atoms with Crippen LogP contribution in [0.4, 0.5) is 4.79 Å². The maximum atomic E-state index is 11.8. The lowest BCUT2D eigenvalue weighted by molar-refractivity contribution is 0.134. The van der Waals surface area contributed by atoms with E-state index >= 15 is 0 Å². The van der Waals surface area contributed by atoms with Gasteiger partial charge in [-0.15, -0.1) is 0 Å². The molecule has 0 aliphatic rings. The maximum absolute atomic E-state index is 11.8. The lowest BCUT2D eigenvalue weighted by Crippen LogP contribution is -2.36. The van der Waals surface area contributed by atoms with E-state index in [-0.39, 0.29) is 18.7 Å². The van der Waals surface area contributed by atoms with Gasteiger partial charge < -0.3 is 10.1 Å². The number of carbonyl (C=O) groups excluding carboxylic acids is 1. The van der Waals surface area contributed by atoms with Crippen LogP contribution in [0.3, 0.4) is 0 Å². The van der Waals surface area contributed by atoms with Crippen molar-refractivity contribution < 1.29 is 9.53 Å². The van der Waals surface area contributed by atoms with Gasteiger partial charge in [0.25, 0.3) is 0 Å². The van der Waals surface area contributed by atoms with Gasteiger partial charge in [-0.25, -0.2) is 4.79 Å². The molecule has 0 saturated carbocycles. The van der Waals surface area contributed by atoms with Gasteiger partial charge in [0.15, 0.2) is 0 Å². The first kappa shape index (κ1) is 16.3. The first-order valence-corrected chi connectivity index (χ1v) is 6.94. The quantitative estimate of drug-likeness (QED) is 0.812. The summed E-state index contributed by atoms with van der Waals surface area (Å²) >= 11 is 0. The molecule has 0 unspecified atom stereocenters. The monoisotopic (exact) mass is 274 g/mol. The molecule has 0 aliphatic heterocycles. The molecule has 1 rings (SSSR count). The van der Waals surface area contributed by atoms with E-state index in [0.717, 1.165) is 17.6 Å². The summed E-state index contributed by atoms with van der Waals surface area (Å²) in [5, 5.41) is 2.89. The third kappa shape index (κ3) is 6.98. The Hall–Kier alpha value is -1.77. The fourth-order valence-electron chi connectivity index (χ4n) is 2.04. The largest absolute Gasteiger partial charge is 0.445 e. The zero-order chi connectivity index (χ0) is 15.0. The summed E-state index contributed by atoms with van der Waals surface area (Å²) in [5.74, 6) is 0.494. The Morgan fingerprint density at radius 1 is 1.30 bits per heavy atom. The van der Waals surface area contributed by atoms with Crippen molar-refractivity contribution in [2.24, 2.45) is 5.92 Å². The Morgan fingerprint density at radius 2 is 1.95 bits per heavy atom. The minimum absolute atomic E-state index is 0.0308. The number of carbonyl (C=O) groups is 1. The van der Waals surface area contributed by atoms with E-state index < -0.39 is 0 Å². The molecule has 0 heterocycles. The summed E-state index contributed by atoms with van der Waals surface area (Å²) in [6.07, 6.45) is 1.17. The van der Waals surface area contributed by atoms with Crippen molar-refractivity contribution in [2.45, 2.75) is 39.3 Å². The van der Waals surface area contributed by atoms with E-state index in [2.05, 4.69) is 32.7 Å². The molecule has 20 heavy (non-hydrogen) atoms. The summed E-state index contributed by atoms with van der Waals surface area (Å²) in [4.78, 5) is 11.8. The Bertz CT molecular complexity index is 426. The van der Waals surface area contributed by atoms with Crippen molar-refractivity contribution in [3.63, 3.8) is 0 Å². The number of benzene rings is 1. The zero-order valence-corrected chi connectivity index (χ0v) is 12.4. The molecule has 1 N–H and O–H groups in total. The summed E-state index contributed by atoms with van der Waals surface area (Å²) in [7, 11) is 0.